The van der Waals surface area contributed by atoms with Gasteiger partial charge in [-0.1, -0.05) is 30.3 Å². The Labute approximate surface area is 202 Å². The molecule has 0 saturated heterocycles. The number of carboxylic acid groups (broad SMARTS) is 2. The minimum atomic E-state index is -1.23. The van der Waals surface area contributed by atoms with Crippen molar-refractivity contribution >= 4 is 41.4 Å². The quantitative estimate of drug-likeness (QED) is 0.190. The number of nitrogens with two attached hydrogens (primary N) is 1. The summed E-state index contributed by atoms with van der Waals surface area (Å²) in [4.78, 5) is 60.4. The second kappa shape index (κ2) is 14.9. The minimum absolute atomic E-state index is 0.0524. The van der Waals surface area contributed by atoms with Crippen LogP contribution in [-0.4, -0.2) is 76.0 Å². The summed E-state index contributed by atoms with van der Waals surface area (Å²) in [6, 6.07) is 4.32. The maximum Gasteiger partial charge on any atom is 0.326 e. The van der Waals surface area contributed by atoms with Gasteiger partial charge in [-0.3, -0.25) is 19.2 Å². The number of carbonyl (C=O) groups excluding carboxylic acids is 3. The highest BCUT2D eigenvalue weighted by Gasteiger charge is 2.30. The fourth-order valence-corrected chi connectivity index (χ4v) is 3.41. The van der Waals surface area contributed by atoms with E-state index < -0.39 is 60.2 Å². The number of amides is 3. The van der Waals surface area contributed by atoms with Gasteiger partial charge in [-0.2, -0.15) is 11.8 Å². The molecule has 0 aliphatic heterocycles. The molecule has 12 heteroatoms. The maximum atomic E-state index is 12.9. The summed E-state index contributed by atoms with van der Waals surface area (Å²) in [6.07, 6.45) is 1.46. The van der Waals surface area contributed by atoms with Gasteiger partial charge < -0.3 is 31.9 Å². The number of rotatable bonds is 15. The number of benzene rings is 1. The Morgan fingerprint density at radius 3 is 1.91 bits per heavy atom. The predicted octanol–water partition coefficient (Wildman–Crippen LogP) is -0.267. The van der Waals surface area contributed by atoms with Gasteiger partial charge in [0.1, 0.15) is 18.1 Å². The van der Waals surface area contributed by atoms with Crippen molar-refractivity contribution in [2.24, 2.45) is 5.73 Å². The number of carboxylic acids is 2. The number of nitrogens with one attached hydrogen (secondary N) is 3. The van der Waals surface area contributed by atoms with Crippen LogP contribution in [0.3, 0.4) is 0 Å². The van der Waals surface area contributed by atoms with E-state index in [0.29, 0.717) is 11.3 Å². The third-order valence-electron chi connectivity index (χ3n) is 4.83. The summed E-state index contributed by atoms with van der Waals surface area (Å²) in [5.41, 5.74) is 6.23. The van der Waals surface area contributed by atoms with E-state index in [1.54, 1.807) is 30.3 Å². The summed E-state index contributed by atoms with van der Waals surface area (Å²) < 4.78 is 0. The molecular formula is C22H32N4O7S. The van der Waals surface area contributed by atoms with E-state index in [0.717, 1.165) is 0 Å². The van der Waals surface area contributed by atoms with Gasteiger partial charge in [0, 0.05) is 12.8 Å². The third-order valence-corrected chi connectivity index (χ3v) is 5.48. The summed E-state index contributed by atoms with van der Waals surface area (Å²) in [5, 5.41) is 25.9. The zero-order valence-corrected chi connectivity index (χ0v) is 20.0. The van der Waals surface area contributed by atoms with Crippen LogP contribution in [0.1, 0.15) is 31.7 Å². The van der Waals surface area contributed by atoms with E-state index in [4.69, 9.17) is 10.8 Å². The molecule has 0 heterocycles. The molecule has 0 radical (unpaired) electrons. The van der Waals surface area contributed by atoms with Gasteiger partial charge in [-0.05, 0) is 37.3 Å². The summed E-state index contributed by atoms with van der Waals surface area (Å²) in [6.45, 7) is 1.41. The second-order valence-electron chi connectivity index (χ2n) is 7.71. The van der Waals surface area contributed by atoms with Crippen LogP contribution >= 0.6 is 11.8 Å². The Morgan fingerprint density at radius 1 is 0.882 bits per heavy atom. The summed E-state index contributed by atoms with van der Waals surface area (Å²) >= 11 is 1.43. The first-order chi connectivity index (χ1) is 16.0. The Bertz CT molecular complexity index is 851. The van der Waals surface area contributed by atoms with Gasteiger partial charge in [0.15, 0.2) is 0 Å². The topological polar surface area (TPSA) is 188 Å². The molecule has 0 fully saturated rings. The van der Waals surface area contributed by atoms with Crippen LogP contribution in [0, 0.1) is 0 Å². The first-order valence-electron chi connectivity index (χ1n) is 10.7. The molecule has 34 heavy (non-hydrogen) atoms. The van der Waals surface area contributed by atoms with E-state index in [1.165, 1.54) is 18.7 Å². The lowest BCUT2D eigenvalue weighted by molar-refractivity contribution is -0.142. The van der Waals surface area contributed by atoms with Crippen LogP contribution < -0.4 is 21.7 Å². The summed E-state index contributed by atoms with van der Waals surface area (Å²) in [5.74, 6) is -4.00. The Hall–Kier alpha value is -3.12. The largest absolute Gasteiger partial charge is 0.481 e. The molecule has 11 nitrogen and oxygen atoms in total. The Morgan fingerprint density at radius 2 is 1.41 bits per heavy atom. The fourth-order valence-electron chi connectivity index (χ4n) is 2.94. The predicted molar refractivity (Wildman–Crippen MR) is 127 cm³/mol. The van der Waals surface area contributed by atoms with Crippen LogP contribution in [0.2, 0.25) is 0 Å². The van der Waals surface area contributed by atoms with Crippen molar-refractivity contribution in [2.75, 3.05) is 12.0 Å². The molecule has 0 aliphatic rings. The van der Waals surface area contributed by atoms with E-state index in [2.05, 4.69) is 16.0 Å². The molecule has 4 atom stereocenters. The molecular weight excluding hydrogens is 464 g/mol. The lowest BCUT2D eigenvalue weighted by Gasteiger charge is -2.24. The van der Waals surface area contributed by atoms with Crippen molar-refractivity contribution in [3.63, 3.8) is 0 Å². The molecule has 3 amide bonds. The summed E-state index contributed by atoms with van der Waals surface area (Å²) in [7, 11) is 0. The van der Waals surface area contributed by atoms with Gasteiger partial charge in [0.2, 0.25) is 17.7 Å². The van der Waals surface area contributed by atoms with E-state index in [1.807, 2.05) is 6.26 Å². The zero-order valence-electron chi connectivity index (χ0n) is 19.2. The SMILES string of the molecule is CSCCC(NC(=O)C(CCC(=O)O)NC(=O)C(C)N)C(=O)NC(Cc1ccccc1)C(=O)O. The van der Waals surface area contributed by atoms with Gasteiger partial charge in [-0.25, -0.2) is 4.79 Å². The van der Waals surface area contributed by atoms with E-state index >= 15 is 0 Å². The lowest BCUT2D eigenvalue weighted by Crippen LogP contribution is -2.57. The second-order valence-corrected chi connectivity index (χ2v) is 8.70. The normalized spacial score (nSPS) is 14.2. The first kappa shape index (κ1) is 28.9. The number of thioether (sulfide) groups is 1. The standard InChI is InChI=1S/C22H32N4O7S/c1-13(23)19(29)24-15(8-9-18(27)28)20(30)25-16(10-11-34-2)21(31)26-17(22(32)33)12-14-6-4-3-5-7-14/h3-7,13,15-17H,8-12,23H2,1-2H3,(H,24,29)(H,25,30)(H,26,31)(H,27,28)(H,32,33). The van der Waals surface area contributed by atoms with Crippen LogP contribution in [0.25, 0.3) is 0 Å². The number of carbonyl (C=O) groups is 5. The lowest BCUT2D eigenvalue weighted by atomic mass is 10.0. The number of aliphatic carboxylic acids is 2. The van der Waals surface area contributed by atoms with Crippen LogP contribution in [0.4, 0.5) is 0 Å². The Balaban J connectivity index is 2.97. The van der Waals surface area contributed by atoms with Crippen LogP contribution in [-0.2, 0) is 30.4 Å². The minimum Gasteiger partial charge on any atom is -0.481 e. The van der Waals surface area contributed by atoms with Crippen molar-refractivity contribution in [3.8, 4) is 0 Å². The molecule has 1 rings (SSSR count). The maximum absolute atomic E-state index is 12.9. The highest BCUT2D eigenvalue weighted by atomic mass is 32.2. The monoisotopic (exact) mass is 496 g/mol. The smallest absolute Gasteiger partial charge is 0.326 e. The fraction of sp³-hybridized carbons (Fsp3) is 0.500. The molecule has 4 unspecified atom stereocenters. The van der Waals surface area contributed by atoms with Crippen molar-refractivity contribution in [1.82, 2.24) is 16.0 Å². The van der Waals surface area contributed by atoms with E-state index in [9.17, 15) is 29.1 Å². The molecule has 1 aromatic carbocycles. The van der Waals surface area contributed by atoms with Gasteiger partial charge in [0.05, 0.1) is 6.04 Å². The Kier molecular flexibility index (Phi) is 12.7. The molecule has 7 N–H and O–H groups in total. The first-order valence-corrected chi connectivity index (χ1v) is 12.1. The van der Waals surface area contributed by atoms with Crippen LogP contribution in [0.15, 0.2) is 30.3 Å². The molecule has 0 spiro atoms. The average molecular weight is 497 g/mol. The van der Waals surface area contributed by atoms with Crippen molar-refractivity contribution in [3.05, 3.63) is 35.9 Å². The third kappa shape index (κ3) is 10.7. The van der Waals surface area contributed by atoms with Crippen LogP contribution in [0.5, 0.6) is 0 Å². The molecule has 1 aromatic rings. The molecule has 0 saturated carbocycles. The van der Waals surface area contributed by atoms with Crippen molar-refractivity contribution in [1.29, 1.82) is 0 Å². The van der Waals surface area contributed by atoms with E-state index in [-0.39, 0.29) is 19.3 Å². The number of hydrogen-bond donors (Lipinski definition) is 6. The zero-order chi connectivity index (χ0) is 25.7. The van der Waals surface area contributed by atoms with Crippen molar-refractivity contribution in [2.45, 2.75) is 56.8 Å². The van der Waals surface area contributed by atoms with Gasteiger partial charge >= 0.3 is 11.9 Å². The molecule has 0 aromatic heterocycles. The molecule has 0 aliphatic carbocycles. The van der Waals surface area contributed by atoms with Gasteiger partial charge in [-0.15, -0.1) is 0 Å². The molecule has 0 bridgehead atoms. The highest BCUT2D eigenvalue weighted by molar-refractivity contribution is 7.98. The molecule has 188 valence electrons. The number of hydrogen-bond acceptors (Lipinski definition) is 7. The average Bonchev–Trinajstić information content (AvgIpc) is 2.78. The highest BCUT2D eigenvalue weighted by Crippen LogP contribution is 2.07. The van der Waals surface area contributed by atoms with Crippen molar-refractivity contribution < 1.29 is 34.2 Å². The van der Waals surface area contributed by atoms with Gasteiger partial charge in [0.25, 0.3) is 0 Å².